The molecule has 0 radical (unpaired) electrons. The van der Waals surface area contributed by atoms with Crippen molar-refractivity contribution in [1.82, 2.24) is 0 Å². The number of carbonyl (C=O) groups is 4. The second kappa shape index (κ2) is 24.6. The average Bonchev–Trinajstić information content (AvgIpc) is 3.03. The predicted octanol–water partition coefficient (Wildman–Crippen LogP) is -0.0400. The van der Waals surface area contributed by atoms with E-state index in [1.165, 1.54) is 27.7 Å². The lowest BCUT2D eigenvalue weighted by Gasteiger charge is -2.34. The number of aliphatic hydroxyl groups excluding tert-OH is 4. The summed E-state index contributed by atoms with van der Waals surface area (Å²) in [5.74, 6) is -2.79. The maximum atomic E-state index is 11.7. The van der Waals surface area contributed by atoms with E-state index in [4.69, 9.17) is 37.9 Å². The molecule has 0 spiro atoms. The average molecular weight is 705 g/mol. The number of hydrogen-bond acceptors (Lipinski definition) is 16. The molecule has 4 unspecified atom stereocenters. The summed E-state index contributed by atoms with van der Waals surface area (Å²) in [5, 5.41) is 41.1. The van der Waals surface area contributed by atoms with Gasteiger partial charge in [-0.3, -0.25) is 0 Å². The van der Waals surface area contributed by atoms with Crippen LogP contribution in [0.2, 0.25) is 0 Å². The van der Waals surface area contributed by atoms with Crippen molar-refractivity contribution in [3.63, 3.8) is 0 Å². The van der Waals surface area contributed by atoms with Gasteiger partial charge >= 0.3 is 23.9 Å². The van der Waals surface area contributed by atoms with Gasteiger partial charge in [0.05, 0.1) is 58.3 Å². The molecule has 280 valence electrons. The van der Waals surface area contributed by atoms with Crippen molar-refractivity contribution < 1.29 is 77.5 Å². The summed E-state index contributed by atoms with van der Waals surface area (Å²) in [5.41, 5.74) is -0.678. The van der Waals surface area contributed by atoms with E-state index in [1.54, 1.807) is 0 Å². The van der Waals surface area contributed by atoms with Gasteiger partial charge in [-0.05, 0) is 27.7 Å². The number of esters is 4. The smallest absolute Gasteiger partial charge is 0.333 e. The van der Waals surface area contributed by atoms with Crippen LogP contribution in [0.4, 0.5) is 0 Å². The molecule has 0 aliphatic heterocycles. The fourth-order valence-corrected chi connectivity index (χ4v) is 3.27. The van der Waals surface area contributed by atoms with Crippen LogP contribution in [0.15, 0.2) is 48.6 Å². The quantitative estimate of drug-likeness (QED) is 0.0476. The van der Waals surface area contributed by atoms with Crippen molar-refractivity contribution in [2.75, 3.05) is 79.3 Å². The Morgan fingerprint density at radius 2 is 0.612 bits per heavy atom. The van der Waals surface area contributed by atoms with E-state index < -0.39 is 53.7 Å². The number of rotatable bonds is 28. The Morgan fingerprint density at radius 1 is 0.429 bits per heavy atom. The van der Waals surface area contributed by atoms with Gasteiger partial charge in [0.15, 0.2) is 0 Å². The van der Waals surface area contributed by atoms with Crippen LogP contribution in [0.5, 0.6) is 0 Å². The molecule has 0 saturated heterocycles. The Morgan fingerprint density at radius 3 is 0.776 bits per heavy atom. The predicted molar refractivity (Wildman–Crippen MR) is 173 cm³/mol. The Kier molecular flexibility index (Phi) is 22.9. The number of ether oxygens (including phenoxy) is 8. The molecule has 0 heterocycles. The highest BCUT2D eigenvalue weighted by Crippen LogP contribution is 2.22. The number of aliphatic hydroxyl groups is 4. The summed E-state index contributed by atoms with van der Waals surface area (Å²) < 4.78 is 42.6. The van der Waals surface area contributed by atoms with E-state index in [9.17, 15) is 39.6 Å². The van der Waals surface area contributed by atoms with Crippen molar-refractivity contribution in [3.05, 3.63) is 48.6 Å². The SMILES string of the molecule is C=C(C)C(=O)OCC(O)COCC(COCC(O)COC(=O)C(=C)C)(COCC(O)COC(=O)C(=C)C)COCC(O)COC(=O)C(=C)C. The van der Waals surface area contributed by atoms with Gasteiger partial charge in [-0.15, -0.1) is 0 Å². The van der Waals surface area contributed by atoms with Gasteiger partial charge in [-0.25, -0.2) is 19.2 Å². The minimum absolute atomic E-state index is 0.142. The molecule has 16 heteroatoms. The van der Waals surface area contributed by atoms with Crippen LogP contribution < -0.4 is 0 Å². The normalized spacial score (nSPS) is 14.7. The molecule has 16 nitrogen and oxygen atoms in total. The Labute approximate surface area is 286 Å². The third-order valence-electron chi connectivity index (χ3n) is 5.90. The van der Waals surface area contributed by atoms with Crippen LogP contribution in [0.25, 0.3) is 0 Å². The van der Waals surface area contributed by atoms with E-state index in [0.717, 1.165) is 0 Å². The Bertz CT molecular complexity index is 942. The van der Waals surface area contributed by atoms with Crippen molar-refractivity contribution in [1.29, 1.82) is 0 Å². The molecule has 0 saturated carbocycles. The lowest BCUT2D eigenvalue weighted by atomic mass is 9.92. The lowest BCUT2D eigenvalue weighted by Crippen LogP contribution is -2.44. The maximum absolute atomic E-state index is 11.7. The number of hydrogen-bond donors (Lipinski definition) is 4. The van der Waals surface area contributed by atoms with Gasteiger partial charge in [0.1, 0.15) is 50.8 Å². The highest BCUT2D eigenvalue weighted by atomic mass is 16.6. The highest BCUT2D eigenvalue weighted by Gasteiger charge is 2.34. The van der Waals surface area contributed by atoms with E-state index in [2.05, 4.69) is 26.3 Å². The van der Waals surface area contributed by atoms with E-state index in [-0.39, 0.29) is 102 Å². The fraction of sp³-hybridized carbons (Fsp3) is 0.636. The third kappa shape index (κ3) is 22.0. The molecule has 0 amide bonds. The molecule has 0 fully saturated rings. The van der Waals surface area contributed by atoms with Gasteiger partial charge in [0.2, 0.25) is 0 Å². The zero-order valence-corrected chi connectivity index (χ0v) is 28.8. The van der Waals surface area contributed by atoms with E-state index in [0.29, 0.717) is 0 Å². The van der Waals surface area contributed by atoms with Crippen molar-refractivity contribution >= 4 is 23.9 Å². The first-order valence-corrected chi connectivity index (χ1v) is 15.2. The summed E-state index contributed by atoms with van der Waals surface area (Å²) >= 11 is 0. The van der Waals surface area contributed by atoms with Gasteiger partial charge in [-0.2, -0.15) is 0 Å². The minimum atomic E-state index is -1.25. The summed E-state index contributed by atoms with van der Waals surface area (Å²) in [6.45, 7) is 15.9. The van der Waals surface area contributed by atoms with Crippen molar-refractivity contribution in [2.45, 2.75) is 52.1 Å². The molecule has 4 atom stereocenters. The molecule has 0 aromatic carbocycles. The first kappa shape index (κ1) is 45.5. The lowest BCUT2D eigenvalue weighted by molar-refractivity contribution is -0.152. The van der Waals surface area contributed by atoms with Crippen LogP contribution >= 0.6 is 0 Å². The molecule has 4 N–H and O–H groups in total. The van der Waals surface area contributed by atoms with Crippen LogP contribution in [0.3, 0.4) is 0 Å². The summed E-state index contributed by atoms with van der Waals surface area (Å²) in [7, 11) is 0. The van der Waals surface area contributed by atoms with Gasteiger partial charge in [0.25, 0.3) is 0 Å². The topological polar surface area (TPSA) is 223 Å². The summed E-state index contributed by atoms with van der Waals surface area (Å²) in [6, 6.07) is 0. The second-order valence-electron chi connectivity index (χ2n) is 11.7. The molecule has 0 aromatic rings. The standard InChI is InChI=1S/C33H52O16/c1-21(2)29(38)46-13-25(34)9-42-17-33(18-43-10-26(35)14-47-30(39)22(3)4,19-44-11-27(36)15-48-31(40)23(5)6)20-45-12-28(37)16-49-32(41)24(7)8/h25-28,34-37H,1,3,5,7,9-20H2,2,4,6,8H3. The third-order valence-corrected chi connectivity index (χ3v) is 5.90. The van der Waals surface area contributed by atoms with Crippen LogP contribution in [-0.2, 0) is 57.1 Å². The fourth-order valence-electron chi connectivity index (χ4n) is 3.27. The largest absolute Gasteiger partial charge is 0.460 e. The van der Waals surface area contributed by atoms with Gasteiger partial charge in [-0.1, -0.05) is 26.3 Å². The molecule has 0 aromatic heterocycles. The second-order valence-corrected chi connectivity index (χ2v) is 11.7. The van der Waals surface area contributed by atoms with Crippen LogP contribution in [0.1, 0.15) is 27.7 Å². The first-order chi connectivity index (χ1) is 22.9. The van der Waals surface area contributed by atoms with E-state index in [1.807, 2.05) is 0 Å². The van der Waals surface area contributed by atoms with E-state index >= 15 is 0 Å². The molecular weight excluding hydrogens is 652 g/mol. The maximum Gasteiger partial charge on any atom is 0.333 e. The molecule has 0 bridgehead atoms. The van der Waals surface area contributed by atoms with Crippen LogP contribution in [0, 0.1) is 5.41 Å². The first-order valence-electron chi connectivity index (χ1n) is 15.2. The van der Waals surface area contributed by atoms with Crippen molar-refractivity contribution in [2.24, 2.45) is 5.41 Å². The molecule has 49 heavy (non-hydrogen) atoms. The zero-order chi connectivity index (χ0) is 37.6. The minimum Gasteiger partial charge on any atom is -0.460 e. The molecule has 0 rings (SSSR count). The molecule has 0 aliphatic carbocycles. The van der Waals surface area contributed by atoms with Gasteiger partial charge in [0, 0.05) is 22.3 Å². The van der Waals surface area contributed by atoms with Gasteiger partial charge < -0.3 is 58.3 Å². The monoisotopic (exact) mass is 704 g/mol. The highest BCUT2D eigenvalue weighted by molar-refractivity contribution is 5.88. The van der Waals surface area contributed by atoms with Crippen LogP contribution in [-0.4, -0.2) is 148 Å². The Hall–Kier alpha value is -3.48. The molecule has 0 aliphatic rings. The molecular formula is C33H52O16. The van der Waals surface area contributed by atoms with Crippen molar-refractivity contribution in [3.8, 4) is 0 Å². The summed E-state index contributed by atoms with van der Waals surface area (Å²) in [6.07, 6.45) is -4.93. The Balaban J connectivity index is 5.74. The summed E-state index contributed by atoms with van der Waals surface area (Å²) in [4.78, 5) is 46.7. The number of carbonyl (C=O) groups excluding carboxylic acids is 4. The zero-order valence-electron chi connectivity index (χ0n) is 28.8.